The third-order valence-electron chi connectivity index (χ3n) is 5.44. The summed E-state index contributed by atoms with van der Waals surface area (Å²) >= 11 is 0. The maximum atomic E-state index is 12.7. The van der Waals surface area contributed by atoms with Crippen LogP contribution in [0, 0.1) is 0 Å². The fourth-order valence-electron chi connectivity index (χ4n) is 3.99. The van der Waals surface area contributed by atoms with Crippen LogP contribution in [0.4, 0.5) is 4.79 Å². The molecule has 1 aliphatic rings. The number of carbonyl (C=O) groups excluding carboxylic acids is 1. The summed E-state index contributed by atoms with van der Waals surface area (Å²) < 4.78 is 11.4. The standard InChI is InChI=1S/C25H28N2O4/c1-24(2,3)31-23(28)27-16-10-15-20(27)22-26-21(17-30-22)25(29,18-11-6-4-7-12-18)19-13-8-5-9-14-19/h4-9,11-14,17,20,29H,10,15-16H2,1-3H3/t20-/m0/s1. The van der Waals surface area contributed by atoms with E-state index < -0.39 is 11.2 Å². The van der Waals surface area contributed by atoms with Crippen molar-refractivity contribution in [1.29, 1.82) is 0 Å². The van der Waals surface area contributed by atoms with Gasteiger partial charge >= 0.3 is 6.09 Å². The molecular formula is C25H28N2O4. The molecule has 1 fully saturated rings. The first-order valence-electron chi connectivity index (χ1n) is 10.6. The van der Waals surface area contributed by atoms with Gasteiger partial charge in [-0.1, -0.05) is 60.7 Å². The molecule has 0 unspecified atom stereocenters. The SMILES string of the molecule is CC(C)(C)OC(=O)N1CCC[C@H]1c1nc(C(O)(c2ccccc2)c2ccccc2)co1. The molecule has 0 saturated carbocycles. The molecule has 2 aromatic carbocycles. The van der Waals surface area contributed by atoms with Crippen LogP contribution in [0.25, 0.3) is 0 Å². The smallest absolute Gasteiger partial charge is 0.410 e. The highest BCUT2D eigenvalue weighted by Crippen LogP contribution is 2.39. The summed E-state index contributed by atoms with van der Waals surface area (Å²) in [5.41, 5.74) is -0.282. The Labute approximate surface area is 182 Å². The highest BCUT2D eigenvalue weighted by atomic mass is 16.6. The Morgan fingerprint density at radius 1 is 1.06 bits per heavy atom. The molecule has 1 N–H and O–H groups in total. The van der Waals surface area contributed by atoms with Crippen LogP contribution in [-0.4, -0.2) is 33.2 Å². The molecule has 0 bridgehead atoms. The van der Waals surface area contributed by atoms with Crippen LogP contribution in [0.5, 0.6) is 0 Å². The zero-order valence-corrected chi connectivity index (χ0v) is 18.1. The third-order valence-corrected chi connectivity index (χ3v) is 5.44. The minimum atomic E-state index is -1.47. The van der Waals surface area contributed by atoms with Gasteiger partial charge in [-0.15, -0.1) is 0 Å². The number of hydrogen-bond acceptors (Lipinski definition) is 5. The average Bonchev–Trinajstić information content (AvgIpc) is 3.43. The largest absolute Gasteiger partial charge is 0.446 e. The number of ether oxygens (including phenoxy) is 1. The number of hydrogen-bond donors (Lipinski definition) is 1. The van der Waals surface area contributed by atoms with Crippen LogP contribution in [0.3, 0.4) is 0 Å². The molecule has 1 aromatic heterocycles. The van der Waals surface area contributed by atoms with Crippen LogP contribution in [0.2, 0.25) is 0 Å². The average molecular weight is 421 g/mol. The van der Waals surface area contributed by atoms with E-state index in [4.69, 9.17) is 9.15 Å². The number of oxazole rings is 1. The van der Waals surface area contributed by atoms with Crippen LogP contribution in [0.15, 0.2) is 71.3 Å². The maximum Gasteiger partial charge on any atom is 0.410 e. The van der Waals surface area contributed by atoms with Crippen molar-refractivity contribution >= 4 is 6.09 Å². The Kier molecular flexibility index (Phi) is 5.58. The number of carbonyl (C=O) groups is 1. The molecule has 31 heavy (non-hydrogen) atoms. The lowest BCUT2D eigenvalue weighted by Gasteiger charge is -2.28. The molecule has 1 amide bonds. The van der Waals surface area contributed by atoms with Gasteiger partial charge in [-0.2, -0.15) is 0 Å². The van der Waals surface area contributed by atoms with Gasteiger partial charge in [-0.25, -0.2) is 9.78 Å². The molecule has 3 aromatic rings. The van der Waals surface area contributed by atoms with Gasteiger partial charge in [0.2, 0.25) is 5.89 Å². The monoisotopic (exact) mass is 420 g/mol. The van der Waals surface area contributed by atoms with E-state index in [2.05, 4.69) is 4.98 Å². The fraction of sp³-hybridized carbons (Fsp3) is 0.360. The lowest BCUT2D eigenvalue weighted by atomic mass is 9.84. The summed E-state index contributed by atoms with van der Waals surface area (Å²) in [5, 5.41) is 11.9. The van der Waals surface area contributed by atoms with Crippen LogP contribution >= 0.6 is 0 Å². The molecule has 6 nitrogen and oxygen atoms in total. The summed E-state index contributed by atoms with van der Waals surface area (Å²) in [6.07, 6.45) is 2.68. The van der Waals surface area contributed by atoms with E-state index in [1.165, 1.54) is 6.26 Å². The number of benzene rings is 2. The van der Waals surface area contributed by atoms with Crippen molar-refractivity contribution in [3.8, 4) is 0 Å². The van der Waals surface area contributed by atoms with E-state index in [-0.39, 0.29) is 12.1 Å². The van der Waals surface area contributed by atoms with Crippen molar-refractivity contribution in [1.82, 2.24) is 9.88 Å². The second-order valence-electron chi connectivity index (χ2n) is 8.85. The first-order valence-corrected chi connectivity index (χ1v) is 10.6. The first kappa shape index (κ1) is 21.1. The molecule has 2 heterocycles. The van der Waals surface area contributed by atoms with Crippen molar-refractivity contribution in [3.63, 3.8) is 0 Å². The Morgan fingerprint density at radius 2 is 1.65 bits per heavy atom. The number of likely N-dealkylation sites (tertiary alicyclic amines) is 1. The van der Waals surface area contributed by atoms with Gasteiger partial charge in [0.05, 0.1) is 0 Å². The Bertz CT molecular complexity index is 985. The second kappa shape index (κ2) is 8.19. The van der Waals surface area contributed by atoms with E-state index in [1.54, 1.807) is 4.90 Å². The number of aromatic nitrogens is 1. The van der Waals surface area contributed by atoms with Gasteiger partial charge in [0, 0.05) is 6.54 Å². The van der Waals surface area contributed by atoms with Crippen molar-refractivity contribution in [2.24, 2.45) is 0 Å². The van der Waals surface area contributed by atoms with E-state index in [0.717, 1.165) is 12.8 Å². The molecular weight excluding hydrogens is 392 g/mol. The molecule has 162 valence electrons. The van der Waals surface area contributed by atoms with Gasteiger partial charge in [0.15, 0.2) is 5.60 Å². The fourth-order valence-corrected chi connectivity index (χ4v) is 3.99. The second-order valence-corrected chi connectivity index (χ2v) is 8.85. The highest BCUT2D eigenvalue weighted by Gasteiger charge is 2.40. The van der Waals surface area contributed by atoms with Gasteiger partial charge in [-0.05, 0) is 44.7 Å². The van der Waals surface area contributed by atoms with Crippen molar-refractivity contribution in [2.45, 2.75) is 50.9 Å². The summed E-state index contributed by atoms with van der Waals surface area (Å²) in [4.78, 5) is 19.0. The quantitative estimate of drug-likeness (QED) is 0.641. The van der Waals surface area contributed by atoms with Crippen LogP contribution < -0.4 is 0 Å². The Morgan fingerprint density at radius 3 is 2.19 bits per heavy atom. The van der Waals surface area contributed by atoms with Crippen LogP contribution in [0.1, 0.15) is 62.4 Å². The van der Waals surface area contributed by atoms with E-state index in [1.807, 2.05) is 81.4 Å². The zero-order valence-electron chi connectivity index (χ0n) is 18.1. The minimum absolute atomic E-state index is 0.320. The molecule has 1 saturated heterocycles. The van der Waals surface area contributed by atoms with Crippen molar-refractivity contribution in [2.75, 3.05) is 6.54 Å². The molecule has 1 atom stereocenters. The van der Waals surface area contributed by atoms with Gasteiger partial charge in [0.1, 0.15) is 23.6 Å². The predicted molar refractivity (Wildman–Crippen MR) is 116 cm³/mol. The van der Waals surface area contributed by atoms with E-state index in [9.17, 15) is 9.90 Å². The zero-order chi connectivity index (χ0) is 22.1. The highest BCUT2D eigenvalue weighted by molar-refractivity contribution is 5.69. The lowest BCUT2D eigenvalue weighted by molar-refractivity contribution is 0.0204. The predicted octanol–water partition coefficient (Wildman–Crippen LogP) is 5.03. The van der Waals surface area contributed by atoms with Gasteiger partial charge < -0.3 is 14.3 Å². The van der Waals surface area contributed by atoms with E-state index in [0.29, 0.717) is 29.3 Å². The normalized spacial score (nSPS) is 17.0. The van der Waals surface area contributed by atoms with Gasteiger partial charge in [0.25, 0.3) is 0 Å². The molecule has 0 spiro atoms. The van der Waals surface area contributed by atoms with Crippen molar-refractivity contribution < 1.29 is 19.1 Å². The first-order chi connectivity index (χ1) is 14.8. The molecule has 0 radical (unpaired) electrons. The summed E-state index contributed by atoms with van der Waals surface area (Å²) in [6, 6.07) is 18.5. The number of rotatable bonds is 4. The molecule has 0 aliphatic carbocycles. The maximum absolute atomic E-state index is 12.7. The molecule has 1 aliphatic heterocycles. The Hall–Kier alpha value is -3.12. The topological polar surface area (TPSA) is 75.8 Å². The lowest BCUT2D eigenvalue weighted by Crippen LogP contribution is -2.36. The third kappa shape index (κ3) is 4.21. The number of amides is 1. The summed E-state index contributed by atoms with van der Waals surface area (Å²) in [6.45, 7) is 6.12. The summed E-state index contributed by atoms with van der Waals surface area (Å²) in [5.74, 6) is 0.406. The Balaban J connectivity index is 1.70. The molecule has 4 rings (SSSR count). The molecule has 6 heteroatoms. The van der Waals surface area contributed by atoms with Gasteiger partial charge in [-0.3, -0.25) is 4.90 Å². The van der Waals surface area contributed by atoms with E-state index >= 15 is 0 Å². The number of nitrogens with zero attached hydrogens (tertiary/aromatic N) is 2. The van der Waals surface area contributed by atoms with Crippen LogP contribution in [-0.2, 0) is 10.3 Å². The summed E-state index contributed by atoms with van der Waals surface area (Å²) in [7, 11) is 0. The van der Waals surface area contributed by atoms with Crippen molar-refractivity contribution in [3.05, 3.63) is 89.6 Å². The number of aliphatic hydroxyl groups is 1. The minimum Gasteiger partial charge on any atom is -0.446 e.